The number of carbonyl (C=O) groups excluding carboxylic acids is 2. The van der Waals surface area contributed by atoms with Crippen LogP contribution in [-0.2, 0) is 16.8 Å². The standard InChI is InChI=1S/C20H24FN5O2/c1-13(25-18(27)14-2-4-15(21)5-3-14)19(28)26-10-7-20(8-11-26)17-16(6-9-24-20)22-12-23-17/h2-5,12-13,24H,6-11H2,1H3,(H,22,23)(H,25,27). The molecule has 2 amide bonds. The maximum absolute atomic E-state index is 13.0. The summed E-state index contributed by atoms with van der Waals surface area (Å²) in [5.41, 5.74) is 2.41. The number of rotatable bonds is 3. The second-order valence-electron chi connectivity index (χ2n) is 7.52. The van der Waals surface area contributed by atoms with E-state index in [9.17, 15) is 14.0 Å². The fraction of sp³-hybridized carbons (Fsp3) is 0.450. The zero-order valence-electron chi connectivity index (χ0n) is 15.8. The van der Waals surface area contributed by atoms with Crippen molar-refractivity contribution >= 4 is 11.8 Å². The fourth-order valence-electron chi connectivity index (χ4n) is 4.17. The molecule has 0 saturated carbocycles. The van der Waals surface area contributed by atoms with Gasteiger partial charge >= 0.3 is 0 Å². The van der Waals surface area contributed by atoms with E-state index in [4.69, 9.17) is 0 Å². The zero-order valence-corrected chi connectivity index (χ0v) is 15.8. The largest absolute Gasteiger partial charge is 0.348 e. The molecule has 2 aliphatic heterocycles. The summed E-state index contributed by atoms with van der Waals surface area (Å²) in [6.45, 7) is 3.79. The van der Waals surface area contributed by atoms with Crippen LogP contribution in [0.1, 0.15) is 41.5 Å². The Morgan fingerprint density at radius 1 is 1.25 bits per heavy atom. The summed E-state index contributed by atoms with van der Waals surface area (Å²) in [5.74, 6) is -0.896. The lowest BCUT2D eigenvalue weighted by Gasteiger charge is -2.44. The second kappa shape index (κ2) is 7.35. The predicted molar refractivity (Wildman–Crippen MR) is 101 cm³/mol. The first kappa shape index (κ1) is 18.6. The van der Waals surface area contributed by atoms with Crippen LogP contribution in [0.15, 0.2) is 30.6 Å². The van der Waals surface area contributed by atoms with Crippen LogP contribution < -0.4 is 10.6 Å². The third-order valence-electron chi connectivity index (χ3n) is 5.76. The molecule has 1 saturated heterocycles. The number of amides is 2. The van der Waals surface area contributed by atoms with Crippen molar-refractivity contribution in [3.8, 4) is 0 Å². The summed E-state index contributed by atoms with van der Waals surface area (Å²) >= 11 is 0. The van der Waals surface area contributed by atoms with Crippen LogP contribution in [0, 0.1) is 5.82 Å². The van der Waals surface area contributed by atoms with E-state index < -0.39 is 11.9 Å². The Morgan fingerprint density at radius 3 is 2.68 bits per heavy atom. The molecule has 1 aromatic carbocycles. The van der Waals surface area contributed by atoms with Crippen molar-refractivity contribution in [1.82, 2.24) is 25.5 Å². The van der Waals surface area contributed by atoms with Crippen molar-refractivity contribution < 1.29 is 14.0 Å². The molecule has 2 aliphatic rings. The topological polar surface area (TPSA) is 90.1 Å². The van der Waals surface area contributed by atoms with E-state index >= 15 is 0 Å². The highest BCUT2D eigenvalue weighted by atomic mass is 19.1. The number of likely N-dealkylation sites (tertiary alicyclic amines) is 1. The van der Waals surface area contributed by atoms with Gasteiger partial charge in [0.1, 0.15) is 11.9 Å². The van der Waals surface area contributed by atoms with Crippen LogP contribution >= 0.6 is 0 Å². The molecule has 3 N–H and O–H groups in total. The van der Waals surface area contributed by atoms with E-state index in [-0.39, 0.29) is 17.4 Å². The van der Waals surface area contributed by atoms with Gasteiger partial charge in [0.2, 0.25) is 5.91 Å². The summed E-state index contributed by atoms with van der Waals surface area (Å²) in [4.78, 5) is 34.6. The fourth-order valence-corrected chi connectivity index (χ4v) is 4.17. The van der Waals surface area contributed by atoms with Gasteiger partial charge in [-0.25, -0.2) is 9.37 Å². The second-order valence-corrected chi connectivity index (χ2v) is 7.52. The lowest BCUT2D eigenvalue weighted by atomic mass is 9.80. The van der Waals surface area contributed by atoms with Crippen molar-refractivity contribution in [2.24, 2.45) is 0 Å². The molecule has 1 aromatic heterocycles. The van der Waals surface area contributed by atoms with Crippen LogP contribution in [0.2, 0.25) is 0 Å². The first-order valence-electron chi connectivity index (χ1n) is 9.61. The number of H-pyrrole nitrogens is 1. The number of piperidine rings is 1. The minimum atomic E-state index is -0.646. The van der Waals surface area contributed by atoms with E-state index in [1.807, 2.05) is 0 Å². The number of aromatic nitrogens is 2. The molecule has 4 rings (SSSR count). The molecule has 1 spiro atoms. The van der Waals surface area contributed by atoms with E-state index in [1.165, 1.54) is 30.0 Å². The molecule has 1 fully saturated rings. The molecule has 1 unspecified atom stereocenters. The smallest absolute Gasteiger partial charge is 0.251 e. The van der Waals surface area contributed by atoms with Gasteiger partial charge in [0.15, 0.2) is 0 Å². The van der Waals surface area contributed by atoms with Gasteiger partial charge in [-0.2, -0.15) is 0 Å². The van der Waals surface area contributed by atoms with Crippen molar-refractivity contribution in [3.05, 3.63) is 53.4 Å². The Labute approximate surface area is 162 Å². The molecule has 0 bridgehead atoms. The van der Waals surface area contributed by atoms with Crippen LogP contribution in [0.25, 0.3) is 0 Å². The van der Waals surface area contributed by atoms with Crippen molar-refractivity contribution in [3.63, 3.8) is 0 Å². The van der Waals surface area contributed by atoms with Crippen LogP contribution in [0.4, 0.5) is 4.39 Å². The van der Waals surface area contributed by atoms with Gasteiger partial charge in [-0.3, -0.25) is 9.59 Å². The molecule has 1 atom stereocenters. The van der Waals surface area contributed by atoms with E-state index in [0.29, 0.717) is 18.7 Å². The van der Waals surface area contributed by atoms with E-state index in [0.717, 1.165) is 31.5 Å². The normalized spacial score (nSPS) is 19.1. The molecule has 0 aliphatic carbocycles. The molecule has 148 valence electrons. The van der Waals surface area contributed by atoms with Crippen LogP contribution in [0.3, 0.4) is 0 Å². The van der Waals surface area contributed by atoms with Gasteiger partial charge in [-0.15, -0.1) is 0 Å². The lowest BCUT2D eigenvalue weighted by molar-refractivity contribution is -0.134. The van der Waals surface area contributed by atoms with Gasteiger partial charge in [-0.05, 0) is 44.0 Å². The first-order valence-corrected chi connectivity index (χ1v) is 9.61. The van der Waals surface area contributed by atoms with Crippen LogP contribution in [0.5, 0.6) is 0 Å². The number of carbonyl (C=O) groups is 2. The molecule has 8 heteroatoms. The number of nitrogens with zero attached hydrogens (tertiary/aromatic N) is 2. The molecule has 0 radical (unpaired) electrons. The van der Waals surface area contributed by atoms with Crippen molar-refractivity contribution in [2.45, 2.75) is 37.8 Å². The number of hydrogen-bond donors (Lipinski definition) is 3. The predicted octanol–water partition coefficient (Wildman–Crippen LogP) is 1.33. The SMILES string of the molecule is CC(NC(=O)c1ccc(F)cc1)C(=O)N1CCC2(CC1)NCCc1[nH]cnc12. The molecule has 28 heavy (non-hydrogen) atoms. The highest BCUT2D eigenvalue weighted by Gasteiger charge is 2.42. The lowest BCUT2D eigenvalue weighted by Crippen LogP contribution is -2.57. The summed E-state index contributed by atoms with van der Waals surface area (Å²) in [5, 5.41) is 6.31. The average molecular weight is 385 g/mol. The van der Waals surface area contributed by atoms with Crippen molar-refractivity contribution in [1.29, 1.82) is 0 Å². The molecular formula is C20H24FN5O2. The van der Waals surface area contributed by atoms with Crippen molar-refractivity contribution in [2.75, 3.05) is 19.6 Å². The molecular weight excluding hydrogens is 361 g/mol. The Balaban J connectivity index is 1.36. The number of benzene rings is 1. The molecule has 3 heterocycles. The quantitative estimate of drug-likeness (QED) is 0.744. The molecule has 2 aromatic rings. The number of aromatic amines is 1. The van der Waals surface area contributed by atoms with E-state index in [1.54, 1.807) is 18.2 Å². The van der Waals surface area contributed by atoms with Gasteiger partial charge in [0.25, 0.3) is 5.91 Å². The van der Waals surface area contributed by atoms with Gasteiger partial charge < -0.3 is 20.5 Å². The van der Waals surface area contributed by atoms with E-state index in [2.05, 4.69) is 20.6 Å². The maximum atomic E-state index is 13.0. The maximum Gasteiger partial charge on any atom is 0.251 e. The minimum absolute atomic E-state index is 0.108. The number of nitrogens with one attached hydrogen (secondary N) is 3. The number of hydrogen-bond acceptors (Lipinski definition) is 4. The van der Waals surface area contributed by atoms with Gasteiger partial charge in [0, 0.05) is 37.3 Å². The number of imidazole rings is 1. The number of halogens is 1. The third kappa shape index (κ3) is 3.40. The zero-order chi connectivity index (χ0) is 19.7. The van der Waals surface area contributed by atoms with Gasteiger partial charge in [0.05, 0.1) is 17.6 Å². The Morgan fingerprint density at radius 2 is 1.96 bits per heavy atom. The molecule has 7 nitrogen and oxygen atoms in total. The summed E-state index contributed by atoms with van der Waals surface area (Å²) < 4.78 is 13.0. The Bertz CT molecular complexity index is 871. The van der Waals surface area contributed by atoms with Crippen LogP contribution in [-0.4, -0.2) is 52.4 Å². The monoisotopic (exact) mass is 385 g/mol. The van der Waals surface area contributed by atoms with Gasteiger partial charge in [-0.1, -0.05) is 0 Å². The minimum Gasteiger partial charge on any atom is -0.348 e. The highest BCUT2D eigenvalue weighted by Crippen LogP contribution is 2.35. The highest BCUT2D eigenvalue weighted by molar-refractivity contribution is 5.97. The average Bonchev–Trinajstić information content (AvgIpc) is 3.19. The first-order chi connectivity index (χ1) is 13.5. The summed E-state index contributed by atoms with van der Waals surface area (Å²) in [6.07, 6.45) is 4.25. The number of fused-ring (bicyclic) bond motifs is 2. The summed E-state index contributed by atoms with van der Waals surface area (Å²) in [7, 11) is 0. The summed E-state index contributed by atoms with van der Waals surface area (Å²) in [6, 6.07) is 4.62. The Hall–Kier alpha value is -2.74. The Kier molecular flexibility index (Phi) is 4.89. The third-order valence-corrected chi connectivity index (χ3v) is 5.76.